The summed E-state index contributed by atoms with van der Waals surface area (Å²) in [6.45, 7) is 7.24. The molecule has 0 radical (unpaired) electrons. The molecule has 0 spiro atoms. The number of carbonyl (C=O) groups is 1. The minimum absolute atomic E-state index is 0.0533. The van der Waals surface area contributed by atoms with E-state index in [9.17, 15) is 4.79 Å². The summed E-state index contributed by atoms with van der Waals surface area (Å²) >= 11 is 0. The number of likely N-dealkylation sites (tertiary alicyclic amines) is 1. The van der Waals surface area contributed by atoms with E-state index in [0.717, 1.165) is 24.8 Å². The van der Waals surface area contributed by atoms with Gasteiger partial charge in [-0.2, -0.15) is 0 Å². The molecule has 0 aromatic rings. The first-order valence-electron chi connectivity index (χ1n) is 9.83. The summed E-state index contributed by atoms with van der Waals surface area (Å²) in [6.07, 6.45) is 11.3. The molecule has 4 heteroatoms. The molecule has 4 rings (SSSR count). The molecule has 3 saturated carbocycles. The quantitative estimate of drug-likeness (QED) is 0.838. The van der Waals surface area contributed by atoms with Crippen molar-refractivity contribution in [2.45, 2.75) is 89.3 Å². The number of amides is 2. The van der Waals surface area contributed by atoms with E-state index in [0.29, 0.717) is 6.04 Å². The van der Waals surface area contributed by atoms with E-state index in [2.05, 4.69) is 29.4 Å². The van der Waals surface area contributed by atoms with Gasteiger partial charge in [0.05, 0.1) is 0 Å². The number of rotatable bonds is 3. The van der Waals surface area contributed by atoms with Crippen molar-refractivity contribution in [3.63, 3.8) is 0 Å². The molecule has 2 bridgehead atoms. The van der Waals surface area contributed by atoms with Crippen LogP contribution in [-0.2, 0) is 0 Å². The van der Waals surface area contributed by atoms with Crippen LogP contribution in [0.5, 0.6) is 0 Å². The highest BCUT2D eigenvalue weighted by Crippen LogP contribution is 2.60. The van der Waals surface area contributed by atoms with E-state index < -0.39 is 0 Å². The molecular weight excluding hydrogens is 286 g/mol. The molecule has 4 nitrogen and oxygen atoms in total. The van der Waals surface area contributed by atoms with Gasteiger partial charge in [0.1, 0.15) is 0 Å². The van der Waals surface area contributed by atoms with Gasteiger partial charge >= 0.3 is 6.03 Å². The third kappa shape index (κ3) is 2.57. The van der Waals surface area contributed by atoms with Gasteiger partial charge in [0.15, 0.2) is 0 Å². The van der Waals surface area contributed by atoms with Crippen LogP contribution in [0.3, 0.4) is 0 Å². The Morgan fingerprint density at radius 3 is 2.26 bits per heavy atom. The molecule has 4 aliphatic rings. The normalized spacial score (nSPS) is 42.3. The van der Waals surface area contributed by atoms with Gasteiger partial charge in [0, 0.05) is 17.6 Å². The van der Waals surface area contributed by atoms with Crippen LogP contribution < -0.4 is 10.6 Å². The van der Waals surface area contributed by atoms with Crippen molar-refractivity contribution in [3.05, 3.63) is 0 Å². The number of hydrogen-bond donors (Lipinski definition) is 2. The molecule has 0 atom stereocenters. The van der Waals surface area contributed by atoms with Crippen molar-refractivity contribution in [3.8, 4) is 0 Å². The van der Waals surface area contributed by atoms with Crippen molar-refractivity contribution in [2.75, 3.05) is 13.1 Å². The number of hydrogen-bond acceptors (Lipinski definition) is 2. The molecule has 0 unspecified atom stereocenters. The second-order valence-corrected chi connectivity index (χ2v) is 9.10. The number of fused-ring (bicyclic) bond motifs is 2. The van der Waals surface area contributed by atoms with E-state index >= 15 is 0 Å². The Kier molecular flexibility index (Phi) is 3.86. The average Bonchev–Trinajstić information content (AvgIpc) is 2.88. The van der Waals surface area contributed by atoms with Crippen LogP contribution >= 0.6 is 0 Å². The summed E-state index contributed by atoms with van der Waals surface area (Å²) in [4.78, 5) is 15.2. The Labute approximate surface area is 140 Å². The Morgan fingerprint density at radius 2 is 1.70 bits per heavy atom. The monoisotopic (exact) mass is 319 g/mol. The van der Waals surface area contributed by atoms with Crippen LogP contribution in [0.25, 0.3) is 0 Å². The maximum Gasteiger partial charge on any atom is 0.315 e. The molecule has 1 saturated heterocycles. The highest BCUT2D eigenvalue weighted by atomic mass is 16.2. The molecular formula is C19H33N3O. The first-order valence-corrected chi connectivity index (χ1v) is 9.83. The summed E-state index contributed by atoms with van der Waals surface area (Å²) in [6, 6.07) is 1.19. The highest BCUT2D eigenvalue weighted by molar-refractivity contribution is 5.75. The van der Waals surface area contributed by atoms with Crippen LogP contribution in [0.2, 0.25) is 0 Å². The van der Waals surface area contributed by atoms with Crippen molar-refractivity contribution in [2.24, 2.45) is 11.3 Å². The van der Waals surface area contributed by atoms with E-state index in [4.69, 9.17) is 0 Å². The third-order valence-electron chi connectivity index (χ3n) is 7.80. The van der Waals surface area contributed by atoms with Gasteiger partial charge < -0.3 is 15.5 Å². The summed E-state index contributed by atoms with van der Waals surface area (Å²) < 4.78 is 0. The lowest BCUT2D eigenvalue weighted by molar-refractivity contribution is 0.0796. The van der Waals surface area contributed by atoms with Gasteiger partial charge in [-0.25, -0.2) is 4.79 Å². The molecule has 23 heavy (non-hydrogen) atoms. The molecule has 2 amide bonds. The number of nitrogens with zero attached hydrogens (tertiary/aromatic N) is 1. The van der Waals surface area contributed by atoms with E-state index in [1.165, 1.54) is 58.0 Å². The fourth-order valence-electron chi connectivity index (χ4n) is 5.88. The minimum atomic E-state index is 0.0533. The highest BCUT2D eigenvalue weighted by Gasteiger charge is 2.59. The van der Waals surface area contributed by atoms with Gasteiger partial charge in [-0.3, -0.25) is 0 Å². The fourth-order valence-corrected chi connectivity index (χ4v) is 5.88. The van der Waals surface area contributed by atoms with Crippen molar-refractivity contribution in [1.29, 1.82) is 0 Å². The number of urea groups is 1. The van der Waals surface area contributed by atoms with Crippen molar-refractivity contribution < 1.29 is 4.79 Å². The van der Waals surface area contributed by atoms with Gasteiger partial charge in [-0.1, -0.05) is 20.3 Å². The summed E-state index contributed by atoms with van der Waals surface area (Å²) in [5, 5.41) is 6.65. The maximum atomic E-state index is 12.5. The lowest BCUT2D eigenvalue weighted by Gasteiger charge is -2.45. The van der Waals surface area contributed by atoms with Crippen LogP contribution in [0.4, 0.5) is 4.79 Å². The molecule has 0 aromatic heterocycles. The van der Waals surface area contributed by atoms with Gasteiger partial charge in [-0.15, -0.1) is 0 Å². The van der Waals surface area contributed by atoms with Gasteiger partial charge in [0.2, 0.25) is 0 Å². The second kappa shape index (κ2) is 5.65. The Morgan fingerprint density at radius 1 is 1.04 bits per heavy atom. The first kappa shape index (κ1) is 15.7. The van der Waals surface area contributed by atoms with Gasteiger partial charge in [0.25, 0.3) is 0 Å². The van der Waals surface area contributed by atoms with E-state index in [1.807, 2.05) is 0 Å². The number of piperidine rings is 1. The van der Waals surface area contributed by atoms with Crippen molar-refractivity contribution in [1.82, 2.24) is 15.5 Å². The maximum absolute atomic E-state index is 12.5. The van der Waals surface area contributed by atoms with Crippen LogP contribution in [0.1, 0.15) is 71.6 Å². The Balaban J connectivity index is 1.26. The molecule has 130 valence electrons. The molecule has 3 aliphatic carbocycles. The Hall–Kier alpha value is -0.770. The van der Waals surface area contributed by atoms with Crippen molar-refractivity contribution >= 4 is 6.03 Å². The SMILES string of the molecule is CC1(C)C2CCC1(NC(=O)NC1CC(N3CCCCC3)C1)CC2. The summed E-state index contributed by atoms with van der Waals surface area (Å²) in [5.74, 6) is 0.801. The van der Waals surface area contributed by atoms with Crippen LogP contribution in [0, 0.1) is 11.3 Å². The smallest absolute Gasteiger partial charge is 0.315 e. The molecule has 0 aromatic carbocycles. The zero-order chi connectivity index (χ0) is 16.1. The topological polar surface area (TPSA) is 44.4 Å². The average molecular weight is 319 g/mol. The lowest BCUT2D eigenvalue weighted by atomic mass is 9.76. The van der Waals surface area contributed by atoms with E-state index in [1.54, 1.807) is 0 Å². The second-order valence-electron chi connectivity index (χ2n) is 9.10. The number of carbonyl (C=O) groups excluding carboxylic acids is 1. The van der Waals surface area contributed by atoms with Crippen LogP contribution in [-0.4, -0.2) is 41.6 Å². The molecule has 4 fully saturated rings. The standard InChI is InChI=1S/C19H33N3O/c1-18(2)14-6-8-19(18,9-7-14)21-17(23)20-15-12-16(13-15)22-10-4-3-5-11-22/h14-16H,3-13H2,1-2H3,(H2,20,21,23). The predicted molar refractivity (Wildman–Crippen MR) is 92.4 cm³/mol. The number of nitrogens with one attached hydrogen (secondary N) is 2. The van der Waals surface area contributed by atoms with E-state index in [-0.39, 0.29) is 17.0 Å². The fraction of sp³-hybridized carbons (Fsp3) is 0.947. The molecule has 1 aliphatic heterocycles. The zero-order valence-electron chi connectivity index (χ0n) is 14.9. The predicted octanol–water partition coefficient (Wildman–Crippen LogP) is 3.27. The largest absolute Gasteiger partial charge is 0.335 e. The van der Waals surface area contributed by atoms with Crippen LogP contribution in [0.15, 0.2) is 0 Å². The minimum Gasteiger partial charge on any atom is -0.335 e. The first-order chi connectivity index (χ1) is 11.0. The lowest BCUT2D eigenvalue weighted by Crippen LogP contribution is -2.61. The molecule has 1 heterocycles. The molecule has 2 N–H and O–H groups in total. The summed E-state index contributed by atoms with van der Waals surface area (Å²) in [7, 11) is 0. The third-order valence-corrected chi connectivity index (χ3v) is 7.80. The van der Waals surface area contributed by atoms with Gasteiger partial charge in [-0.05, 0) is 75.8 Å². The Bertz CT molecular complexity index is 455. The summed E-state index contributed by atoms with van der Waals surface area (Å²) in [5.41, 5.74) is 0.318. The zero-order valence-corrected chi connectivity index (χ0v) is 14.9.